The third-order valence-electron chi connectivity index (χ3n) is 13.1. The number of carboxylic acid groups (broad SMARTS) is 1. The molecular weight excluding hydrogens is 755 g/mol. The van der Waals surface area contributed by atoms with Crippen molar-refractivity contribution in [2.24, 2.45) is 23.7 Å². The van der Waals surface area contributed by atoms with Crippen molar-refractivity contribution in [1.29, 1.82) is 0 Å². The topological polar surface area (TPSA) is 184 Å². The zero-order valence-electron chi connectivity index (χ0n) is 36.0. The van der Waals surface area contributed by atoms with E-state index >= 15 is 0 Å². The van der Waals surface area contributed by atoms with Crippen molar-refractivity contribution in [2.75, 3.05) is 27.8 Å². The second-order valence-corrected chi connectivity index (χ2v) is 17.0. The fraction of sp³-hybridized carbons (Fsp3) is 0.659. The van der Waals surface area contributed by atoms with Gasteiger partial charge in [-0.15, -0.1) is 0 Å². The SMILES string of the molecule is CC[C@H](C)[C@@H]([C@@H](CC(=O)N1CCCC1[C@H](OC)[C@@H](C)C(=O)N[C@@H](Cc1ccccc1)c1ncccn1)OC)N(C)C(=O)C(NC(=O)[C@@H]1[C@H]2CC[C@H](C2)N1C(=O)O)C(C)C. The van der Waals surface area contributed by atoms with E-state index in [1.54, 1.807) is 42.4 Å². The highest BCUT2D eigenvalue weighted by molar-refractivity contribution is 5.92. The number of hydrogen-bond donors (Lipinski definition) is 3. The molecule has 0 spiro atoms. The molecule has 3 heterocycles. The van der Waals surface area contributed by atoms with Gasteiger partial charge in [-0.2, -0.15) is 0 Å². The Hall–Kier alpha value is -4.63. The first-order valence-electron chi connectivity index (χ1n) is 21.3. The van der Waals surface area contributed by atoms with Crippen LogP contribution in [0.3, 0.4) is 0 Å². The van der Waals surface area contributed by atoms with Gasteiger partial charge in [0.1, 0.15) is 12.1 Å². The minimum Gasteiger partial charge on any atom is -0.465 e. The van der Waals surface area contributed by atoms with Crippen molar-refractivity contribution >= 4 is 29.7 Å². The molecule has 3 N–H and O–H groups in total. The molecule has 3 fully saturated rings. The third kappa shape index (κ3) is 10.4. The van der Waals surface area contributed by atoms with Crippen molar-refractivity contribution in [3.05, 3.63) is 60.2 Å². The van der Waals surface area contributed by atoms with E-state index in [-0.39, 0.29) is 54.0 Å². The van der Waals surface area contributed by atoms with Gasteiger partial charge in [-0.05, 0) is 67.9 Å². The van der Waals surface area contributed by atoms with Crippen LogP contribution in [-0.4, -0.2) is 130 Å². The number of carbonyl (C=O) groups is 5. The molecule has 59 heavy (non-hydrogen) atoms. The Bertz CT molecular complexity index is 1730. The number of fused-ring (bicyclic) bond motifs is 2. The van der Waals surface area contributed by atoms with E-state index in [9.17, 15) is 29.1 Å². The van der Waals surface area contributed by atoms with E-state index in [1.807, 2.05) is 65.0 Å². The fourth-order valence-corrected chi connectivity index (χ4v) is 9.73. The van der Waals surface area contributed by atoms with E-state index in [1.165, 1.54) is 12.0 Å². The molecule has 1 aliphatic carbocycles. The highest BCUT2D eigenvalue weighted by Gasteiger charge is 2.52. The summed E-state index contributed by atoms with van der Waals surface area (Å²) in [6.07, 6.45) is 5.63. The number of carbonyl (C=O) groups excluding carboxylic acids is 4. The summed E-state index contributed by atoms with van der Waals surface area (Å²) in [7, 11) is 4.79. The Kier molecular flexibility index (Phi) is 15.8. The van der Waals surface area contributed by atoms with Crippen LogP contribution in [0.5, 0.6) is 0 Å². The van der Waals surface area contributed by atoms with Gasteiger partial charge in [0, 0.05) is 46.2 Å². The van der Waals surface area contributed by atoms with E-state index in [0.717, 1.165) is 24.8 Å². The molecule has 1 aromatic carbocycles. The maximum atomic E-state index is 14.4. The summed E-state index contributed by atoms with van der Waals surface area (Å²) in [5, 5.41) is 16.0. The molecule has 3 aliphatic rings. The second kappa shape index (κ2) is 20.6. The quantitative estimate of drug-likeness (QED) is 0.183. The maximum absolute atomic E-state index is 14.4. The summed E-state index contributed by atoms with van der Waals surface area (Å²) in [5.74, 6) is -1.76. The summed E-state index contributed by atoms with van der Waals surface area (Å²) in [6, 6.07) is 8.26. The molecule has 5 amide bonds. The highest BCUT2D eigenvalue weighted by Crippen LogP contribution is 2.42. The Morgan fingerprint density at radius 3 is 2.25 bits per heavy atom. The number of rotatable bonds is 19. The van der Waals surface area contributed by atoms with E-state index in [2.05, 4.69) is 20.6 Å². The van der Waals surface area contributed by atoms with Crippen molar-refractivity contribution in [1.82, 2.24) is 35.3 Å². The van der Waals surface area contributed by atoms with Crippen molar-refractivity contribution in [3.8, 4) is 0 Å². The Balaban J connectivity index is 1.28. The molecule has 0 radical (unpaired) electrons. The first kappa shape index (κ1) is 45.5. The average Bonchev–Trinajstić information content (AvgIpc) is 4.00. The average molecular weight is 820 g/mol. The minimum absolute atomic E-state index is 0.0153. The number of piperidine rings is 1. The monoisotopic (exact) mass is 819 g/mol. The number of amides is 5. The van der Waals surface area contributed by atoms with Gasteiger partial charge in [-0.1, -0.05) is 71.4 Å². The lowest BCUT2D eigenvalue weighted by Crippen LogP contribution is -2.60. The van der Waals surface area contributed by atoms with Gasteiger partial charge >= 0.3 is 6.09 Å². The minimum atomic E-state index is -1.12. The molecule has 1 aromatic heterocycles. The van der Waals surface area contributed by atoms with Crippen molar-refractivity contribution in [2.45, 2.75) is 134 Å². The highest BCUT2D eigenvalue weighted by atomic mass is 16.5. The predicted molar refractivity (Wildman–Crippen MR) is 221 cm³/mol. The van der Waals surface area contributed by atoms with Crippen LogP contribution < -0.4 is 10.6 Å². The van der Waals surface area contributed by atoms with Crippen LogP contribution in [-0.2, 0) is 35.1 Å². The molecule has 2 bridgehead atoms. The maximum Gasteiger partial charge on any atom is 0.408 e. The molecule has 2 saturated heterocycles. The van der Waals surface area contributed by atoms with Crippen LogP contribution in [0.4, 0.5) is 4.79 Å². The molecule has 15 heteroatoms. The van der Waals surface area contributed by atoms with Gasteiger partial charge < -0.3 is 35.0 Å². The molecule has 15 nitrogen and oxygen atoms in total. The van der Waals surface area contributed by atoms with Crippen LogP contribution >= 0.6 is 0 Å². The molecule has 1 saturated carbocycles. The lowest BCUT2D eigenvalue weighted by molar-refractivity contribution is -0.148. The number of benzene rings is 1. The smallest absolute Gasteiger partial charge is 0.408 e. The molecular formula is C44H65N7O8. The summed E-state index contributed by atoms with van der Waals surface area (Å²) in [6.45, 7) is 10.0. The Morgan fingerprint density at radius 1 is 0.949 bits per heavy atom. The van der Waals surface area contributed by atoms with Gasteiger partial charge in [0.25, 0.3) is 0 Å². The van der Waals surface area contributed by atoms with Crippen LogP contribution in [0.15, 0.2) is 48.8 Å². The lowest BCUT2D eigenvalue weighted by atomic mass is 9.89. The molecule has 2 aliphatic heterocycles. The van der Waals surface area contributed by atoms with Crippen LogP contribution in [0.25, 0.3) is 0 Å². The number of nitrogens with one attached hydrogen (secondary N) is 2. The zero-order chi connectivity index (χ0) is 43.0. The third-order valence-corrected chi connectivity index (χ3v) is 13.1. The lowest BCUT2D eigenvalue weighted by Gasteiger charge is -2.41. The standard InChI is InChI=1S/C44H65N7O8/c1-9-27(4)37(49(6)43(55)36(26(2)3)48-42(54)38-30-18-19-31(24-30)51(38)44(56)57)34(58-7)25-35(52)50-22-13-17-33(50)39(59-8)28(5)41(53)47-32(40-45-20-14-21-46-40)23-29-15-11-10-12-16-29/h10-12,14-16,20-21,26-28,30-34,36-39H,9,13,17-19,22-25H2,1-8H3,(H,47,53)(H,48,54)(H,56,57)/t27-,28+,30-,31+,32-,33?,34+,36?,37-,38-,39+/m0/s1. The Morgan fingerprint density at radius 2 is 1.64 bits per heavy atom. The van der Waals surface area contributed by atoms with Gasteiger partial charge in [0.2, 0.25) is 23.6 Å². The number of aromatic nitrogens is 2. The van der Waals surface area contributed by atoms with Gasteiger partial charge in [-0.25, -0.2) is 14.8 Å². The first-order valence-corrected chi connectivity index (χ1v) is 21.3. The molecule has 11 atom stereocenters. The second-order valence-electron chi connectivity index (χ2n) is 17.0. The predicted octanol–water partition coefficient (Wildman–Crippen LogP) is 4.47. The summed E-state index contributed by atoms with van der Waals surface area (Å²) in [5.41, 5.74) is 1.02. The van der Waals surface area contributed by atoms with Crippen molar-refractivity contribution in [3.63, 3.8) is 0 Å². The number of ether oxygens (including phenoxy) is 2. The normalized spacial score (nSPS) is 23.5. The van der Waals surface area contributed by atoms with Crippen LogP contribution in [0, 0.1) is 23.7 Å². The van der Waals surface area contributed by atoms with Gasteiger partial charge in [0.15, 0.2) is 5.82 Å². The van der Waals surface area contributed by atoms with Crippen LogP contribution in [0.2, 0.25) is 0 Å². The number of likely N-dealkylation sites (tertiary alicyclic amines) is 2. The van der Waals surface area contributed by atoms with Crippen LogP contribution in [0.1, 0.15) is 97.0 Å². The molecule has 324 valence electrons. The summed E-state index contributed by atoms with van der Waals surface area (Å²) >= 11 is 0. The van der Waals surface area contributed by atoms with E-state index in [0.29, 0.717) is 38.1 Å². The van der Waals surface area contributed by atoms with E-state index < -0.39 is 54.3 Å². The first-order chi connectivity index (χ1) is 28.2. The summed E-state index contributed by atoms with van der Waals surface area (Å²) in [4.78, 5) is 82.1. The molecule has 2 unspecified atom stereocenters. The molecule has 5 rings (SSSR count). The number of likely N-dealkylation sites (N-methyl/N-ethyl adjacent to an activating group) is 1. The Labute approximate surface area is 349 Å². The van der Waals surface area contributed by atoms with E-state index in [4.69, 9.17) is 9.47 Å². The zero-order valence-corrected chi connectivity index (χ0v) is 36.0. The van der Waals surface area contributed by atoms with Gasteiger partial charge in [0.05, 0.1) is 42.7 Å². The molecule has 2 aromatic rings. The van der Waals surface area contributed by atoms with Crippen molar-refractivity contribution < 1.29 is 38.6 Å². The number of methoxy groups -OCH3 is 2. The summed E-state index contributed by atoms with van der Waals surface area (Å²) < 4.78 is 12.1. The largest absolute Gasteiger partial charge is 0.465 e. The fourth-order valence-electron chi connectivity index (χ4n) is 9.73. The number of nitrogens with zero attached hydrogens (tertiary/aromatic N) is 5. The van der Waals surface area contributed by atoms with Gasteiger partial charge in [-0.3, -0.25) is 24.1 Å². The number of hydrogen-bond acceptors (Lipinski definition) is 9.